The lowest BCUT2D eigenvalue weighted by atomic mass is 10.0. The van der Waals surface area contributed by atoms with Crippen LogP contribution in [0.25, 0.3) is 0 Å². The highest BCUT2D eigenvalue weighted by atomic mass is 32.1. The second-order valence-electron chi connectivity index (χ2n) is 6.91. The average molecular weight is 417 g/mol. The first kappa shape index (κ1) is 21.6. The molecule has 1 aliphatic heterocycles. The molecule has 1 saturated heterocycles. The minimum Gasteiger partial charge on any atom is -0.497 e. The van der Waals surface area contributed by atoms with Gasteiger partial charge in [-0.1, -0.05) is 18.2 Å². The van der Waals surface area contributed by atoms with Crippen LogP contribution in [-0.4, -0.2) is 63.9 Å². The average Bonchev–Trinajstić information content (AvgIpc) is 3.28. The number of ether oxygens (including phenoxy) is 2. The molecule has 0 amide bonds. The number of thiophene rings is 1. The van der Waals surface area contributed by atoms with Crippen molar-refractivity contribution in [3.63, 3.8) is 0 Å². The van der Waals surface area contributed by atoms with E-state index in [1.54, 1.807) is 18.4 Å². The summed E-state index contributed by atoms with van der Waals surface area (Å²) >= 11 is 1.80. The summed E-state index contributed by atoms with van der Waals surface area (Å²) in [6.07, 6.45) is 1.01. The Bertz CT molecular complexity index is 728. The number of hydrogen-bond acceptors (Lipinski definition) is 5. The molecule has 158 valence electrons. The van der Waals surface area contributed by atoms with Crippen LogP contribution in [0.2, 0.25) is 0 Å². The number of benzene rings is 1. The van der Waals surface area contributed by atoms with Gasteiger partial charge in [0.15, 0.2) is 5.96 Å². The van der Waals surface area contributed by atoms with Gasteiger partial charge in [0.2, 0.25) is 0 Å². The fourth-order valence-corrected chi connectivity index (χ4v) is 4.13. The summed E-state index contributed by atoms with van der Waals surface area (Å²) in [6.45, 7) is 7.90. The van der Waals surface area contributed by atoms with Crippen molar-refractivity contribution in [2.24, 2.45) is 4.99 Å². The molecular formula is C22H32N4O2S. The predicted octanol–water partition coefficient (Wildman–Crippen LogP) is 2.93. The monoisotopic (exact) mass is 416 g/mol. The van der Waals surface area contributed by atoms with Crippen LogP contribution in [-0.2, 0) is 11.2 Å². The molecule has 0 bridgehead atoms. The molecule has 1 aromatic carbocycles. The summed E-state index contributed by atoms with van der Waals surface area (Å²) in [5.41, 5.74) is 1.26. The van der Waals surface area contributed by atoms with Gasteiger partial charge in [0.25, 0.3) is 0 Å². The van der Waals surface area contributed by atoms with Crippen LogP contribution >= 0.6 is 11.3 Å². The van der Waals surface area contributed by atoms with Crippen molar-refractivity contribution in [1.29, 1.82) is 0 Å². The van der Waals surface area contributed by atoms with E-state index in [4.69, 9.17) is 14.5 Å². The van der Waals surface area contributed by atoms with Crippen LogP contribution in [0.5, 0.6) is 5.75 Å². The number of aliphatic imine (C=N–C) groups is 1. The van der Waals surface area contributed by atoms with E-state index in [0.717, 1.165) is 57.5 Å². The molecule has 0 radical (unpaired) electrons. The second kappa shape index (κ2) is 11.8. The Labute approximate surface area is 177 Å². The Kier molecular flexibility index (Phi) is 8.80. The first-order valence-electron chi connectivity index (χ1n) is 10.3. The van der Waals surface area contributed by atoms with Gasteiger partial charge in [-0.05, 0) is 42.5 Å². The second-order valence-corrected chi connectivity index (χ2v) is 7.95. The molecule has 1 aliphatic rings. The lowest BCUT2D eigenvalue weighted by Gasteiger charge is -2.34. The van der Waals surface area contributed by atoms with Crippen LogP contribution in [0.4, 0.5) is 0 Å². The normalized spacial score (nSPS) is 16.4. The molecular weight excluding hydrogens is 384 g/mol. The number of hydrogen-bond donors (Lipinski definition) is 2. The van der Waals surface area contributed by atoms with Crippen molar-refractivity contribution in [1.82, 2.24) is 15.5 Å². The van der Waals surface area contributed by atoms with E-state index in [2.05, 4.69) is 52.1 Å². The Balaban J connectivity index is 1.67. The molecule has 2 N–H and O–H groups in total. The van der Waals surface area contributed by atoms with E-state index in [0.29, 0.717) is 6.54 Å². The zero-order chi connectivity index (χ0) is 20.3. The Morgan fingerprint density at radius 1 is 1.21 bits per heavy atom. The first-order valence-corrected chi connectivity index (χ1v) is 11.2. The van der Waals surface area contributed by atoms with Gasteiger partial charge in [0.1, 0.15) is 5.75 Å². The fourth-order valence-electron chi connectivity index (χ4n) is 3.43. The van der Waals surface area contributed by atoms with Crippen LogP contribution in [0.3, 0.4) is 0 Å². The van der Waals surface area contributed by atoms with Crippen LogP contribution in [0.15, 0.2) is 46.8 Å². The quantitative estimate of drug-likeness (QED) is 0.486. The molecule has 1 fully saturated rings. The third kappa shape index (κ3) is 6.73. The zero-order valence-corrected chi connectivity index (χ0v) is 18.2. The maximum atomic E-state index is 5.55. The Hall–Kier alpha value is -2.09. The number of nitrogens with zero attached hydrogens (tertiary/aromatic N) is 2. The molecule has 1 atom stereocenters. The summed E-state index contributed by atoms with van der Waals surface area (Å²) in [5, 5.41) is 8.96. The van der Waals surface area contributed by atoms with E-state index in [9.17, 15) is 0 Å². The first-order chi connectivity index (χ1) is 14.3. The zero-order valence-electron chi connectivity index (χ0n) is 17.4. The molecule has 7 heteroatoms. The van der Waals surface area contributed by atoms with E-state index in [-0.39, 0.29) is 6.04 Å². The molecule has 3 rings (SSSR count). The highest BCUT2D eigenvalue weighted by molar-refractivity contribution is 7.09. The van der Waals surface area contributed by atoms with Gasteiger partial charge < -0.3 is 20.1 Å². The topological polar surface area (TPSA) is 58.1 Å². The molecule has 0 saturated carbocycles. The molecule has 29 heavy (non-hydrogen) atoms. The summed E-state index contributed by atoms with van der Waals surface area (Å²) in [6, 6.07) is 12.8. The van der Waals surface area contributed by atoms with Crippen LogP contribution in [0.1, 0.15) is 23.4 Å². The lowest BCUT2D eigenvalue weighted by Crippen LogP contribution is -2.42. The molecule has 1 aromatic heterocycles. The minimum absolute atomic E-state index is 0.220. The third-order valence-electron chi connectivity index (χ3n) is 5.00. The molecule has 0 aliphatic carbocycles. The summed E-state index contributed by atoms with van der Waals surface area (Å²) in [5.74, 6) is 1.75. The molecule has 0 spiro atoms. The lowest BCUT2D eigenvalue weighted by molar-refractivity contribution is 0.0179. The van der Waals surface area contributed by atoms with Gasteiger partial charge in [-0.15, -0.1) is 11.3 Å². The SMILES string of the molecule is CCNC(=NCC(c1ccc(OC)cc1)N1CCOCC1)NCCc1cccs1. The summed E-state index contributed by atoms with van der Waals surface area (Å²) in [7, 11) is 1.70. The largest absolute Gasteiger partial charge is 0.497 e. The maximum absolute atomic E-state index is 5.55. The van der Waals surface area contributed by atoms with Crippen LogP contribution in [0, 0.1) is 0 Å². The number of rotatable bonds is 9. The number of methoxy groups -OCH3 is 1. The highest BCUT2D eigenvalue weighted by Crippen LogP contribution is 2.24. The van der Waals surface area contributed by atoms with Crippen molar-refractivity contribution in [3.8, 4) is 5.75 Å². The summed E-state index contributed by atoms with van der Waals surface area (Å²) < 4.78 is 10.9. The van der Waals surface area contributed by atoms with Crippen molar-refractivity contribution in [3.05, 3.63) is 52.2 Å². The number of guanidine groups is 1. The number of morpholine rings is 1. The fraction of sp³-hybridized carbons (Fsp3) is 0.500. The van der Waals surface area contributed by atoms with E-state index in [1.807, 2.05) is 12.1 Å². The van der Waals surface area contributed by atoms with Gasteiger partial charge in [-0.25, -0.2) is 0 Å². The molecule has 2 aromatic rings. The molecule has 2 heterocycles. The van der Waals surface area contributed by atoms with Gasteiger partial charge in [-0.3, -0.25) is 9.89 Å². The van der Waals surface area contributed by atoms with Crippen molar-refractivity contribution in [2.75, 3.05) is 53.0 Å². The maximum Gasteiger partial charge on any atom is 0.191 e. The van der Waals surface area contributed by atoms with Gasteiger partial charge >= 0.3 is 0 Å². The smallest absolute Gasteiger partial charge is 0.191 e. The summed E-state index contributed by atoms with van der Waals surface area (Å²) in [4.78, 5) is 8.76. The van der Waals surface area contributed by atoms with Gasteiger partial charge in [0.05, 0.1) is 32.9 Å². The molecule has 6 nitrogen and oxygen atoms in total. The van der Waals surface area contributed by atoms with Gasteiger partial charge in [0, 0.05) is 31.1 Å². The minimum atomic E-state index is 0.220. The Morgan fingerprint density at radius 2 is 2.00 bits per heavy atom. The number of nitrogens with one attached hydrogen (secondary N) is 2. The van der Waals surface area contributed by atoms with Crippen molar-refractivity contribution in [2.45, 2.75) is 19.4 Å². The van der Waals surface area contributed by atoms with Crippen molar-refractivity contribution < 1.29 is 9.47 Å². The van der Waals surface area contributed by atoms with Gasteiger partial charge in [-0.2, -0.15) is 0 Å². The van der Waals surface area contributed by atoms with E-state index in [1.165, 1.54) is 10.4 Å². The Morgan fingerprint density at radius 3 is 2.66 bits per heavy atom. The van der Waals surface area contributed by atoms with E-state index >= 15 is 0 Å². The highest BCUT2D eigenvalue weighted by Gasteiger charge is 2.22. The van der Waals surface area contributed by atoms with Crippen LogP contribution < -0.4 is 15.4 Å². The van der Waals surface area contributed by atoms with E-state index < -0.39 is 0 Å². The predicted molar refractivity (Wildman–Crippen MR) is 120 cm³/mol. The molecule has 1 unspecified atom stereocenters. The van der Waals surface area contributed by atoms with Crippen molar-refractivity contribution >= 4 is 17.3 Å². The standard InChI is InChI=1S/C22H32N4O2S/c1-3-23-22(24-11-10-20-5-4-16-29-20)25-17-21(26-12-14-28-15-13-26)18-6-8-19(27-2)9-7-18/h4-9,16,21H,3,10-15,17H2,1-2H3,(H2,23,24,25). The third-order valence-corrected chi connectivity index (χ3v) is 5.93.